The van der Waals surface area contributed by atoms with Gasteiger partial charge in [0.1, 0.15) is 17.5 Å². The van der Waals surface area contributed by atoms with Crippen LogP contribution in [0.5, 0.6) is 0 Å². The first-order valence-corrected chi connectivity index (χ1v) is 8.36. The summed E-state index contributed by atoms with van der Waals surface area (Å²) >= 11 is 0. The smallest absolute Gasteiger partial charge is 0.227 e. The number of aromatic nitrogens is 2. The maximum absolute atomic E-state index is 13.8. The first-order valence-electron chi connectivity index (χ1n) is 8.36. The molecule has 0 N–H and O–H groups in total. The van der Waals surface area contributed by atoms with Crippen LogP contribution in [0.1, 0.15) is 11.3 Å². The molecule has 0 aliphatic carbocycles. The van der Waals surface area contributed by atoms with Crippen molar-refractivity contribution < 1.29 is 8.78 Å². The molecule has 5 nitrogen and oxygen atoms in total. The van der Waals surface area contributed by atoms with Gasteiger partial charge < -0.3 is 9.80 Å². The highest BCUT2D eigenvalue weighted by molar-refractivity contribution is 5.45. The van der Waals surface area contributed by atoms with E-state index in [1.54, 1.807) is 0 Å². The van der Waals surface area contributed by atoms with Gasteiger partial charge in [-0.25, -0.2) is 13.8 Å². The fourth-order valence-corrected chi connectivity index (χ4v) is 2.92. The van der Waals surface area contributed by atoms with E-state index in [0.717, 1.165) is 49.7 Å². The third-order valence-corrected chi connectivity index (χ3v) is 4.34. The maximum atomic E-state index is 13.8. The topological polar surface area (TPSA) is 35.5 Å². The minimum Gasteiger partial charge on any atom is -0.363 e. The second-order valence-corrected chi connectivity index (χ2v) is 6.56. The van der Waals surface area contributed by atoms with Crippen LogP contribution in [0, 0.1) is 18.6 Å². The quantitative estimate of drug-likeness (QED) is 0.849. The Balaban J connectivity index is 1.65. The Morgan fingerprint density at radius 1 is 1.04 bits per heavy atom. The molecule has 1 aliphatic rings. The first-order chi connectivity index (χ1) is 11.9. The standard InChI is InChI=1S/C18H23F2N5/c1-13-10-17(23(2)3)22-18(21-13)25-8-6-24(7-9-25)12-14-11-15(19)4-5-16(14)20/h4-5,10-11H,6-9,12H2,1-3H3. The van der Waals surface area contributed by atoms with E-state index in [4.69, 9.17) is 0 Å². The van der Waals surface area contributed by atoms with E-state index in [1.165, 1.54) is 12.1 Å². The number of rotatable bonds is 4. The number of hydrogen-bond donors (Lipinski definition) is 0. The monoisotopic (exact) mass is 347 g/mol. The minimum absolute atomic E-state index is 0.360. The molecular formula is C18H23F2N5. The number of benzene rings is 1. The van der Waals surface area contributed by atoms with Crippen LogP contribution in [-0.2, 0) is 6.54 Å². The summed E-state index contributed by atoms with van der Waals surface area (Å²) in [5.41, 5.74) is 1.33. The molecule has 0 unspecified atom stereocenters. The van der Waals surface area contributed by atoms with Crippen LogP contribution in [-0.4, -0.2) is 55.1 Å². The molecule has 7 heteroatoms. The Morgan fingerprint density at radius 2 is 1.76 bits per heavy atom. The van der Waals surface area contributed by atoms with Gasteiger partial charge in [-0.2, -0.15) is 4.98 Å². The van der Waals surface area contributed by atoms with Gasteiger partial charge in [0.05, 0.1) is 0 Å². The zero-order chi connectivity index (χ0) is 18.0. The number of halogens is 2. The van der Waals surface area contributed by atoms with Crippen LogP contribution < -0.4 is 9.80 Å². The van der Waals surface area contributed by atoms with E-state index >= 15 is 0 Å². The van der Waals surface area contributed by atoms with Crippen LogP contribution in [0.4, 0.5) is 20.5 Å². The molecular weight excluding hydrogens is 324 g/mol. The molecule has 3 rings (SSSR count). The third kappa shape index (κ3) is 4.22. The Kier molecular flexibility index (Phi) is 5.13. The number of nitrogens with zero attached hydrogens (tertiary/aromatic N) is 5. The SMILES string of the molecule is Cc1cc(N(C)C)nc(N2CCN(Cc3cc(F)ccc3F)CC2)n1. The van der Waals surface area contributed by atoms with Crippen LogP contribution in [0.15, 0.2) is 24.3 Å². The molecule has 0 bridgehead atoms. The van der Waals surface area contributed by atoms with E-state index in [9.17, 15) is 8.78 Å². The van der Waals surface area contributed by atoms with Crippen LogP contribution in [0.3, 0.4) is 0 Å². The van der Waals surface area contributed by atoms with Crippen molar-refractivity contribution in [1.82, 2.24) is 14.9 Å². The predicted molar refractivity (Wildman–Crippen MR) is 94.9 cm³/mol. The molecule has 1 aliphatic heterocycles. The van der Waals surface area contributed by atoms with Gasteiger partial charge in [-0.15, -0.1) is 0 Å². The molecule has 1 saturated heterocycles. The Morgan fingerprint density at radius 3 is 2.44 bits per heavy atom. The Hall–Kier alpha value is -2.28. The highest BCUT2D eigenvalue weighted by atomic mass is 19.1. The molecule has 134 valence electrons. The van der Waals surface area contributed by atoms with E-state index in [-0.39, 0.29) is 5.82 Å². The van der Waals surface area contributed by atoms with E-state index < -0.39 is 5.82 Å². The van der Waals surface area contributed by atoms with Gasteiger partial charge in [0.15, 0.2) is 0 Å². The summed E-state index contributed by atoms with van der Waals surface area (Å²) in [5.74, 6) is 0.841. The van der Waals surface area contributed by atoms with E-state index in [1.807, 2.05) is 32.0 Å². The predicted octanol–water partition coefficient (Wildman–Crippen LogP) is 2.45. The summed E-state index contributed by atoms with van der Waals surface area (Å²) in [6.45, 7) is 5.39. The van der Waals surface area contributed by atoms with E-state index in [2.05, 4.69) is 19.8 Å². The van der Waals surface area contributed by atoms with Gasteiger partial charge in [-0.05, 0) is 25.1 Å². The van der Waals surface area contributed by atoms with Crippen LogP contribution in [0.2, 0.25) is 0 Å². The van der Waals surface area contributed by atoms with Crippen molar-refractivity contribution in [3.05, 3.63) is 47.2 Å². The second kappa shape index (κ2) is 7.31. The molecule has 0 spiro atoms. The average Bonchev–Trinajstić information content (AvgIpc) is 2.58. The Labute approximate surface area is 146 Å². The van der Waals surface area contributed by atoms with E-state index in [0.29, 0.717) is 12.1 Å². The second-order valence-electron chi connectivity index (χ2n) is 6.56. The zero-order valence-electron chi connectivity index (χ0n) is 14.8. The summed E-state index contributed by atoms with van der Waals surface area (Å²) in [7, 11) is 3.91. The summed E-state index contributed by atoms with van der Waals surface area (Å²) in [5, 5.41) is 0. The van der Waals surface area contributed by atoms with Crippen molar-refractivity contribution in [2.75, 3.05) is 50.1 Å². The van der Waals surface area contributed by atoms with Gasteiger partial charge >= 0.3 is 0 Å². The summed E-state index contributed by atoms with van der Waals surface area (Å²) in [4.78, 5) is 15.4. The van der Waals surface area contributed by atoms with Crippen molar-refractivity contribution in [2.45, 2.75) is 13.5 Å². The average molecular weight is 347 g/mol. The number of piperazine rings is 1. The molecule has 0 atom stereocenters. The fourth-order valence-electron chi connectivity index (χ4n) is 2.92. The van der Waals surface area contributed by atoms with Crippen LogP contribution in [0.25, 0.3) is 0 Å². The normalized spacial score (nSPS) is 15.5. The lowest BCUT2D eigenvalue weighted by molar-refractivity contribution is 0.245. The van der Waals surface area contributed by atoms with Gasteiger partial charge in [0.25, 0.3) is 0 Å². The summed E-state index contributed by atoms with van der Waals surface area (Å²) in [6.07, 6.45) is 0. The molecule has 0 amide bonds. The Bertz CT molecular complexity index is 742. The lowest BCUT2D eigenvalue weighted by atomic mass is 10.2. The third-order valence-electron chi connectivity index (χ3n) is 4.34. The molecule has 2 heterocycles. The largest absolute Gasteiger partial charge is 0.363 e. The highest BCUT2D eigenvalue weighted by Crippen LogP contribution is 2.19. The fraction of sp³-hybridized carbons (Fsp3) is 0.444. The maximum Gasteiger partial charge on any atom is 0.227 e. The van der Waals surface area contributed by atoms with Crippen molar-refractivity contribution in [3.63, 3.8) is 0 Å². The molecule has 25 heavy (non-hydrogen) atoms. The zero-order valence-corrected chi connectivity index (χ0v) is 14.8. The summed E-state index contributed by atoms with van der Waals surface area (Å²) < 4.78 is 27.1. The minimum atomic E-state index is -0.403. The van der Waals surface area contributed by atoms with Crippen molar-refractivity contribution >= 4 is 11.8 Å². The van der Waals surface area contributed by atoms with Gasteiger partial charge in [0.2, 0.25) is 5.95 Å². The van der Waals surface area contributed by atoms with Gasteiger partial charge in [0, 0.05) is 64.1 Å². The number of anilines is 2. The summed E-state index contributed by atoms with van der Waals surface area (Å²) in [6, 6.07) is 5.56. The molecule has 1 aromatic carbocycles. The molecule has 1 fully saturated rings. The van der Waals surface area contributed by atoms with Gasteiger partial charge in [-0.3, -0.25) is 4.90 Å². The molecule has 2 aromatic rings. The highest BCUT2D eigenvalue weighted by Gasteiger charge is 2.21. The molecule has 0 radical (unpaired) electrons. The van der Waals surface area contributed by atoms with Crippen molar-refractivity contribution in [1.29, 1.82) is 0 Å². The van der Waals surface area contributed by atoms with Crippen LogP contribution >= 0.6 is 0 Å². The number of aryl methyl sites for hydroxylation is 1. The van der Waals surface area contributed by atoms with Crippen molar-refractivity contribution in [2.24, 2.45) is 0 Å². The lowest BCUT2D eigenvalue weighted by Crippen LogP contribution is -2.46. The molecule has 1 aromatic heterocycles. The first kappa shape index (κ1) is 17.5. The number of hydrogen-bond acceptors (Lipinski definition) is 5. The van der Waals surface area contributed by atoms with Gasteiger partial charge in [-0.1, -0.05) is 0 Å². The lowest BCUT2D eigenvalue weighted by Gasteiger charge is -2.35. The van der Waals surface area contributed by atoms with Crippen molar-refractivity contribution in [3.8, 4) is 0 Å². The molecule has 0 saturated carbocycles.